The Hall–Kier alpha value is -3.02. The SMILES string of the molecule is CCOC(=O)Cn1c(=NC(=O)c2ccc(S(=O)(=O)N3CCCC(C)C3)cc2)sc2cc(OC)ccc21. The Bertz CT molecular complexity index is 1440. The summed E-state index contributed by atoms with van der Waals surface area (Å²) in [5, 5.41) is 0. The number of nitrogens with zero attached hydrogens (tertiary/aromatic N) is 3. The van der Waals surface area contributed by atoms with E-state index in [0.29, 0.717) is 29.6 Å². The van der Waals surface area contributed by atoms with Crippen molar-refractivity contribution < 1.29 is 27.5 Å². The second-order valence-electron chi connectivity index (χ2n) is 8.66. The number of hydrogen-bond acceptors (Lipinski definition) is 7. The zero-order chi connectivity index (χ0) is 25.9. The van der Waals surface area contributed by atoms with Crippen molar-refractivity contribution in [3.63, 3.8) is 0 Å². The van der Waals surface area contributed by atoms with Crippen molar-refractivity contribution in [2.75, 3.05) is 26.8 Å². The van der Waals surface area contributed by atoms with Crippen LogP contribution in [0.25, 0.3) is 10.2 Å². The Kier molecular flexibility index (Phi) is 7.91. The molecule has 192 valence electrons. The van der Waals surface area contributed by atoms with Crippen LogP contribution in [0.5, 0.6) is 5.75 Å². The van der Waals surface area contributed by atoms with E-state index in [2.05, 4.69) is 4.99 Å². The summed E-state index contributed by atoms with van der Waals surface area (Å²) in [4.78, 5) is 30.0. The lowest BCUT2D eigenvalue weighted by Gasteiger charge is -2.30. The van der Waals surface area contributed by atoms with E-state index in [1.54, 1.807) is 30.7 Å². The number of hydrogen-bond donors (Lipinski definition) is 0. The summed E-state index contributed by atoms with van der Waals surface area (Å²) >= 11 is 1.25. The van der Waals surface area contributed by atoms with Crippen LogP contribution in [0.15, 0.2) is 52.4 Å². The molecule has 0 aliphatic carbocycles. The molecule has 0 N–H and O–H groups in total. The number of ether oxygens (including phenoxy) is 2. The average molecular weight is 532 g/mol. The molecule has 0 radical (unpaired) electrons. The molecular weight excluding hydrogens is 502 g/mol. The van der Waals surface area contributed by atoms with E-state index in [-0.39, 0.29) is 23.6 Å². The fourth-order valence-corrected chi connectivity index (χ4v) is 6.84. The van der Waals surface area contributed by atoms with Crippen molar-refractivity contribution in [1.29, 1.82) is 0 Å². The van der Waals surface area contributed by atoms with Crippen LogP contribution < -0.4 is 9.54 Å². The molecule has 1 aromatic heterocycles. The lowest BCUT2D eigenvalue weighted by atomic mass is 10.0. The maximum Gasteiger partial charge on any atom is 0.326 e. The molecule has 1 atom stereocenters. The molecule has 2 heterocycles. The van der Waals surface area contributed by atoms with Crippen LogP contribution in [0, 0.1) is 5.92 Å². The first-order chi connectivity index (χ1) is 17.2. The van der Waals surface area contributed by atoms with Crippen molar-refractivity contribution in [3.8, 4) is 5.75 Å². The summed E-state index contributed by atoms with van der Waals surface area (Å²) in [6.07, 6.45) is 1.85. The summed E-state index contributed by atoms with van der Waals surface area (Å²) in [5.74, 6) is -0.0225. The summed E-state index contributed by atoms with van der Waals surface area (Å²) in [6.45, 7) is 4.91. The minimum atomic E-state index is -3.62. The number of thiazole rings is 1. The highest BCUT2D eigenvalue weighted by Gasteiger charge is 2.28. The smallest absolute Gasteiger partial charge is 0.326 e. The number of carbonyl (C=O) groups excluding carboxylic acids is 2. The van der Waals surface area contributed by atoms with Gasteiger partial charge in [0.25, 0.3) is 5.91 Å². The van der Waals surface area contributed by atoms with Gasteiger partial charge in [0, 0.05) is 18.7 Å². The van der Waals surface area contributed by atoms with Gasteiger partial charge in [-0.25, -0.2) is 8.42 Å². The van der Waals surface area contributed by atoms with Gasteiger partial charge >= 0.3 is 5.97 Å². The van der Waals surface area contributed by atoms with E-state index in [1.165, 1.54) is 39.9 Å². The van der Waals surface area contributed by atoms with Gasteiger partial charge in [-0.3, -0.25) is 9.59 Å². The highest BCUT2D eigenvalue weighted by Crippen LogP contribution is 2.25. The van der Waals surface area contributed by atoms with Gasteiger partial charge in [-0.1, -0.05) is 18.3 Å². The van der Waals surface area contributed by atoms with Crippen LogP contribution in [0.2, 0.25) is 0 Å². The molecule has 1 aliphatic rings. The van der Waals surface area contributed by atoms with E-state index >= 15 is 0 Å². The van der Waals surface area contributed by atoms with Crippen molar-refractivity contribution >= 4 is 43.5 Å². The molecule has 36 heavy (non-hydrogen) atoms. The molecule has 11 heteroatoms. The highest BCUT2D eigenvalue weighted by atomic mass is 32.2. The van der Waals surface area contributed by atoms with Crippen LogP contribution in [-0.4, -0.2) is 56.0 Å². The first kappa shape index (κ1) is 26.1. The number of esters is 1. The molecule has 0 saturated carbocycles. The molecule has 9 nitrogen and oxygen atoms in total. The van der Waals surface area contributed by atoms with Gasteiger partial charge in [0.05, 0.1) is 28.8 Å². The van der Waals surface area contributed by atoms with Crippen LogP contribution in [0.3, 0.4) is 0 Å². The number of rotatable bonds is 7. The number of fused-ring (bicyclic) bond motifs is 1. The van der Waals surface area contributed by atoms with E-state index in [1.807, 2.05) is 13.0 Å². The summed E-state index contributed by atoms with van der Waals surface area (Å²) in [7, 11) is -2.06. The first-order valence-corrected chi connectivity index (χ1v) is 14.0. The monoisotopic (exact) mass is 531 g/mol. The summed E-state index contributed by atoms with van der Waals surface area (Å²) in [6, 6.07) is 11.2. The zero-order valence-corrected chi connectivity index (χ0v) is 22.1. The molecule has 2 aromatic carbocycles. The van der Waals surface area contributed by atoms with Crippen LogP contribution >= 0.6 is 11.3 Å². The topological polar surface area (TPSA) is 107 Å². The standard InChI is InChI=1S/C25H29N3O6S2/c1-4-34-23(29)16-28-21-12-9-19(33-3)14-22(21)35-25(28)26-24(30)18-7-10-20(11-8-18)36(31,32)27-13-5-6-17(2)15-27/h7-12,14,17H,4-6,13,15-16H2,1-3H3. The fraction of sp³-hybridized carbons (Fsp3) is 0.400. The normalized spacial score (nSPS) is 17.3. The lowest BCUT2D eigenvalue weighted by Crippen LogP contribution is -2.39. The first-order valence-electron chi connectivity index (χ1n) is 11.7. The lowest BCUT2D eigenvalue weighted by molar-refractivity contribution is -0.143. The second-order valence-corrected chi connectivity index (χ2v) is 11.6. The van der Waals surface area contributed by atoms with E-state index < -0.39 is 21.9 Å². The maximum absolute atomic E-state index is 13.0. The summed E-state index contributed by atoms with van der Waals surface area (Å²) < 4.78 is 40.3. The van der Waals surface area contributed by atoms with E-state index in [4.69, 9.17) is 9.47 Å². The quantitative estimate of drug-likeness (QED) is 0.433. The van der Waals surface area contributed by atoms with Crippen LogP contribution in [0.1, 0.15) is 37.0 Å². The highest BCUT2D eigenvalue weighted by molar-refractivity contribution is 7.89. The minimum absolute atomic E-state index is 0.0995. The molecule has 3 aromatic rings. The largest absolute Gasteiger partial charge is 0.497 e. The average Bonchev–Trinajstić information content (AvgIpc) is 3.19. The Morgan fingerprint density at radius 3 is 2.58 bits per heavy atom. The number of sulfonamides is 1. The predicted molar refractivity (Wildman–Crippen MR) is 136 cm³/mol. The molecule has 1 aliphatic heterocycles. The van der Waals surface area contributed by atoms with Gasteiger partial charge < -0.3 is 14.0 Å². The Balaban J connectivity index is 1.65. The third-order valence-corrected chi connectivity index (χ3v) is 8.96. The molecule has 0 spiro atoms. The molecule has 4 rings (SSSR count). The summed E-state index contributed by atoms with van der Waals surface area (Å²) in [5.41, 5.74) is 0.969. The Morgan fingerprint density at radius 1 is 1.17 bits per heavy atom. The minimum Gasteiger partial charge on any atom is -0.497 e. The van der Waals surface area contributed by atoms with E-state index in [0.717, 1.165) is 23.1 Å². The number of piperidine rings is 1. The van der Waals surface area contributed by atoms with Crippen molar-refractivity contribution in [1.82, 2.24) is 8.87 Å². The van der Waals surface area contributed by atoms with Gasteiger partial charge in [0.15, 0.2) is 4.80 Å². The van der Waals surface area contributed by atoms with Gasteiger partial charge in [0.2, 0.25) is 10.0 Å². The Morgan fingerprint density at radius 2 is 1.92 bits per heavy atom. The second kappa shape index (κ2) is 10.9. The predicted octanol–water partition coefficient (Wildman–Crippen LogP) is 3.44. The third-order valence-electron chi connectivity index (χ3n) is 6.04. The van der Waals surface area contributed by atoms with Crippen LogP contribution in [-0.2, 0) is 26.1 Å². The van der Waals surface area contributed by atoms with Gasteiger partial charge in [-0.2, -0.15) is 9.30 Å². The van der Waals surface area contributed by atoms with Crippen molar-refractivity contribution in [3.05, 3.63) is 52.8 Å². The number of benzene rings is 2. The van der Waals surface area contributed by atoms with E-state index in [9.17, 15) is 18.0 Å². The zero-order valence-electron chi connectivity index (χ0n) is 20.5. The van der Waals surface area contributed by atoms with Gasteiger partial charge in [-0.15, -0.1) is 0 Å². The van der Waals surface area contributed by atoms with Gasteiger partial charge in [-0.05, 0) is 68.1 Å². The van der Waals surface area contributed by atoms with Crippen molar-refractivity contribution in [2.45, 2.75) is 38.1 Å². The fourth-order valence-electron chi connectivity index (χ4n) is 4.19. The molecular formula is C25H29N3O6S2. The third kappa shape index (κ3) is 5.53. The number of methoxy groups -OCH3 is 1. The Labute approximate surface area is 214 Å². The maximum atomic E-state index is 13.0. The molecule has 1 saturated heterocycles. The van der Waals surface area contributed by atoms with Crippen molar-refractivity contribution in [2.24, 2.45) is 10.9 Å². The molecule has 0 bridgehead atoms. The molecule has 1 unspecified atom stereocenters. The van der Waals surface area contributed by atoms with Gasteiger partial charge in [0.1, 0.15) is 12.3 Å². The number of amides is 1. The molecule has 1 fully saturated rings. The number of carbonyl (C=O) groups is 2. The number of aromatic nitrogens is 1. The van der Waals surface area contributed by atoms with Crippen LogP contribution in [0.4, 0.5) is 0 Å². The molecule has 1 amide bonds.